The third kappa shape index (κ3) is 2.74. The number of hydrogen-bond acceptors (Lipinski definition) is 5. The number of aromatic nitrogens is 2. The first-order valence-electron chi connectivity index (χ1n) is 5.39. The fourth-order valence-corrected chi connectivity index (χ4v) is 1.89. The van der Waals surface area contributed by atoms with E-state index in [4.69, 9.17) is 22.1 Å². The monoisotopic (exact) mass is 242 g/mol. The molecule has 1 aromatic heterocycles. The fraction of sp³-hybridized carbons (Fsp3) is 0.600. The van der Waals surface area contributed by atoms with Gasteiger partial charge in [0.15, 0.2) is 0 Å². The number of anilines is 2. The summed E-state index contributed by atoms with van der Waals surface area (Å²) in [5, 5.41) is 3.52. The molecule has 0 saturated carbocycles. The molecule has 0 aromatic carbocycles. The lowest BCUT2D eigenvalue weighted by Crippen LogP contribution is -2.13. The summed E-state index contributed by atoms with van der Waals surface area (Å²) in [5.41, 5.74) is 5.57. The van der Waals surface area contributed by atoms with Crippen LogP contribution < -0.4 is 11.1 Å². The molecule has 0 radical (unpaired) electrons. The Morgan fingerprint density at radius 1 is 1.56 bits per heavy atom. The van der Waals surface area contributed by atoms with Crippen LogP contribution in [0.25, 0.3) is 0 Å². The summed E-state index contributed by atoms with van der Waals surface area (Å²) >= 11 is 5.94. The van der Waals surface area contributed by atoms with Crippen molar-refractivity contribution in [2.75, 3.05) is 24.2 Å². The third-order valence-corrected chi connectivity index (χ3v) is 2.97. The molecule has 0 bridgehead atoms. The lowest BCUT2D eigenvalue weighted by molar-refractivity contribution is 0.107. The number of nitrogens with one attached hydrogen (secondary N) is 1. The summed E-state index contributed by atoms with van der Waals surface area (Å²) in [7, 11) is 0. The molecule has 88 valence electrons. The highest BCUT2D eigenvalue weighted by molar-refractivity contribution is 6.35. The second-order valence-corrected chi connectivity index (χ2v) is 4.15. The highest BCUT2D eigenvalue weighted by Crippen LogP contribution is 2.23. The zero-order chi connectivity index (χ0) is 11.4. The Morgan fingerprint density at radius 2 is 2.44 bits per heavy atom. The first-order valence-corrected chi connectivity index (χ1v) is 5.76. The Hall–Kier alpha value is -1.07. The smallest absolute Gasteiger partial charge is 0.150 e. The molecule has 1 fully saturated rings. The lowest BCUT2D eigenvalue weighted by Gasteiger charge is -2.11. The van der Waals surface area contributed by atoms with Crippen LogP contribution in [0, 0.1) is 0 Å². The van der Waals surface area contributed by atoms with Crippen LogP contribution >= 0.6 is 11.6 Å². The molecule has 16 heavy (non-hydrogen) atoms. The van der Waals surface area contributed by atoms with Gasteiger partial charge in [0, 0.05) is 13.2 Å². The summed E-state index contributed by atoms with van der Waals surface area (Å²) in [6, 6.07) is 0. The highest BCUT2D eigenvalue weighted by atomic mass is 35.5. The van der Waals surface area contributed by atoms with Crippen molar-refractivity contribution in [1.29, 1.82) is 0 Å². The maximum absolute atomic E-state index is 5.94. The van der Waals surface area contributed by atoms with Crippen LogP contribution in [-0.4, -0.2) is 29.2 Å². The Labute approximate surface area is 99.4 Å². The average molecular weight is 243 g/mol. The molecule has 1 atom stereocenters. The Balaban J connectivity index is 1.82. The van der Waals surface area contributed by atoms with Crippen molar-refractivity contribution in [2.45, 2.75) is 25.4 Å². The van der Waals surface area contributed by atoms with Crippen LogP contribution in [0.4, 0.5) is 11.6 Å². The SMILES string of the molecule is Nc1ncnc(NCCC2CCCO2)c1Cl. The van der Waals surface area contributed by atoms with Crippen molar-refractivity contribution in [3.8, 4) is 0 Å². The van der Waals surface area contributed by atoms with Crippen molar-refractivity contribution in [1.82, 2.24) is 9.97 Å². The number of nitrogen functional groups attached to an aromatic ring is 1. The van der Waals surface area contributed by atoms with Gasteiger partial charge in [0.05, 0.1) is 6.10 Å². The van der Waals surface area contributed by atoms with Crippen LogP contribution in [0.3, 0.4) is 0 Å². The summed E-state index contributed by atoms with van der Waals surface area (Å²) in [4.78, 5) is 7.82. The number of nitrogens with two attached hydrogens (primary N) is 1. The van der Waals surface area contributed by atoms with Gasteiger partial charge >= 0.3 is 0 Å². The zero-order valence-electron chi connectivity index (χ0n) is 8.95. The first-order chi connectivity index (χ1) is 7.77. The Morgan fingerprint density at radius 3 is 3.19 bits per heavy atom. The molecular formula is C10H15ClN4O. The molecule has 0 amide bonds. The number of ether oxygens (including phenoxy) is 1. The molecule has 1 aliphatic heterocycles. The van der Waals surface area contributed by atoms with Gasteiger partial charge in [-0.3, -0.25) is 0 Å². The van der Waals surface area contributed by atoms with Gasteiger partial charge < -0.3 is 15.8 Å². The molecule has 5 nitrogen and oxygen atoms in total. The van der Waals surface area contributed by atoms with Crippen molar-refractivity contribution in [3.63, 3.8) is 0 Å². The van der Waals surface area contributed by atoms with E-state index in [0.717, 1.165) is 32.4 Å². The topological polar surface area (TPSA) is 73.1 Å². The van der Waals surface area contributed by atoms with Gasteiger partial charge in [-0.05, 0) is 19.3 Å². The maximum Gasteiger partial charge on any atom is 0.150 e. The van der Waals surface area contributed by atoms with Crippen molar-refractivity contribution in [3.05, 3.63) is 11.3 Å². The highest BCUT2D eigenvalue weighted by Gasteiger charge is 2.15. The molecule has 2 rings (SSSR count). The van der Waals surface area contributed by atoms with Gasteiger partial charge in [-0.25, -0.2) is 9.97 Å². The van der Waals surface area contributed by atoms with E-state index in [1.165, 1.54) is 6.33 Å². The summed E-state index contributed by atoms with van der Waals surface area (Å²) in [5.74, 6) is 0.892. The second-order valence-electron chi connectivity index (χ2n) is 3.77. The van der Waals surface area contributed by atoms with Gasteiger partial charge in [0.25, 0.3) is 0 Å². The predicted molar refractivity (Wildman–Crippen MR) is 63.5 cm³/mol. The van der Waals surface area contributed by atoms with Crippen molar-refractivity contribution >= 4 is 23.2 Å². The maximum atomic E-state index is 5.94. The molecule has 6 heteroatoms. The molecule has 0 spiro atoms. The van der Waals surface area contributed by atoms with E-state index >= 15 is 0 Å². The second kappa shape index (κ2) is 5.32. The van der Waals surface area contributed by atoms with Crippen LogP contribution in [0.1, 0.15) is 19.3 Å². The summed E-state index contributed by atoms with van der Waals surface area (Å²) in [6.07, 6.45) is 5.02. The molecule has 1 aromatic rings. The van der Waals surface area contributed by atoms with E-state index in [0.29, 0.717) is 22.8 Å². The van der Waals surface area contributed by atoms with Gasteiger partial charge in [-0.15, -0.1) is 0 Å². The van der Waals surface area contributed by atoms with E-state index in [9.17, 15) is 0 Å². The zero-order valence-corrected chi connectivity index (χ0v) is 9.70. The minimum Gasteiger partial charge on any atom is -0.382 e. The Bertz CT molecular complexity index is 355. The van der Waals surface area contributed by atoms with E-state index in [-0.39, 0.29) is 0 Å². The normalized spacial score (nSPS) is 19.9. The number of rotatable bonds is 4. The minimum atomic E-state index is 0.302. The van der Waals surface area contributed by atoms with E-state index in [2.05, 4.69) is 15.3 Å². The van der Waals surface area contributed by atoms with Gasteiger partial charge in [0.2, 0.25) is 0 Å². The fourth-order valence-electron chi connectivity index (χ4n) is 1.73. The molecule has 3 N–H and O–H groups in total. The minimum absolute atomic E-state index is 0.302. The third-order valence-electron chi connectivity index (χ3n) is 2.60. The summed E-state index contributed by atoms with van der Waals surface area (Å²) in [6.45, 7) is 1.66. The number of halogens is 1. The molecule has 1 unspecified atom stereocenters. The van der Waals surface area contributed by atoms with E-state index in [1.54, 1.807) is 0 Å². The predicted octanol–water partition coefficient (Wildman–Crippen LogP) is 1.69. The van der Waals surface area contributed by atoms with Gasteiger partial charge in [-0.1, -0.05) is 11.6 Å². The first kappa shape index (κ1) is 11.4. The van der Waals surface area contributed by atoms with Gasteiger partial charge in [0.1, 0.15) is 23.0 Å². The molecule has 1 saturated heterocycles. The molecule has 0 aliphatic carbocycles. The average Bonchev–Trinajstić information content (AvgIpc) is 2.77. The Kier molecular flexibility index (Phi) is 3.79. The van der Waals surface area contributed by atoms with Crippen LogP contribution in [0.2, 0.25) is 5.02 Å². The lowest BCUT2D eigenvalue weighted by atomic mass is 10.2. The van der Waals surface area contributed by atoms with Crippen LogP contribution in [0.15, 0.2) is 6.33 Å². The van der Waals surface area contributed by atoms with E-state index in [1.807, 2.05) is 0 Å². The van der Waals surface area contributed by atoms with Crippen LogP contribution in [0.5, 0.6) is 0 Å². The van der Waals surface area contributed by atoms with E-state index < -0.39 is 0 Å². The van der Waals surface area contributed by atoms with Crippen LogP contribution in [-0.2, 0) is 4.74 Å². The molecule has 1 aliphatic rings. The summed E-state index contributed by atoms with van der Waals surface area (Å²) < 4.78 is 5.51. The standard InChI is InChI=1S/C10H15ClN4O/c11-8-9(12)14-6-15-10(8)13-4-3-7-2-1-5-16-7/h6-7H,1-5H2,(H3,12,13,14,15). The van der Waals surface area contributed by atoms with Gasteiger partial charge in [-0.2, -0.15) is 0 Å². The number of nitrogens with zero attached hydrogens (tertiary/aromatic N) is 2. The molecule has 2 heterocycles. The quantitative estimate of drug-likeness (QED) is 0.841. The van der Waals surface area contributed by atoms with Crippen molar-refractivity contribution < 1.29 is 4.74 Å². The molecular weight excluding hydrogens is 228 g/mol. The van der Waals surface area contributed by atoms with Crippen molar-refractivity contribution in [2.24, 2.45) is 0 Å². The largest absolute Gasteiger partial charge is 0.382 e. The number of hydrogen-bond donors (Lipinski definition) is 2.